The first-order valence-electron chi connectivity index (χ1n) is 5.82. The van der Waals surface area contributed by atoms with Gasteiger partial charge in [0, 0.05) is 5.69 Å². The van der Waals surface area contributed by atoms with Gasteiger partial charge in [-0.1, -0.05) is 12.1 Å². The minimum absolute atomic E-state index is 0.358. The summed E-state index contributed by atoms with van der Waals surface area (Å²) >= 11 is 0. The first-order valence-corrected chi connectivity index (χ1v) is 5.82. The van der Waals surface area contributed by atoms with Crippen LogP contribution in [0.25, 0.3) is 11.1 Å². The molecule has 19 heavy (non-hydrogen) atoms. The predicted molar refractivity (Wildman–Crippen MR) is 73.9 cm³/mol. The summed E-state index contributed by atoms with van der Waals surface area (Å²) in [5.41, 5.74) is 3.70. The van der Waals surface area contributed by atoms with Gasteiger partial charge >= 0.3 is 0 Å². The van der Waals surface area contributed by atoms with Gasteiger partial charge in [0.15, 0.2) is 5.58 Å². The zero-order valence-electron chi connectivity index (χ0n) is 10.3. The van der Waals surface area contributed by atoms with Gasteiger partial charge in [-0.2, -0.15) is 4.98 Å². The zero-order chi connectivity index (χ0) is 13.2. The van der Waals surface area contributed by atoms with Gasteiger partial charge in [-0.25, -0.2) is 0 Å². The van der Waals surface area contributed by atoms with Crippen LogP contribution in [0.5, 0.6) is 0 Å². The SMILES string of the molecule is Cc1ccc2nc(Nc3cccc(N=O)c3)oc2c1. The van der Waals surface area contributed by atoms with Gasteiger partial charge in [-0.3, -0.25) is 0 Å². The Morgan fingerprint density at radius 3 is 2.95 bits per heavy atom. The number of nitrogens with zero attached hydrogens (tertiary/aromatic N) is 2. The van der Waals surface area contributed by atoms with Gasteiger partial charge in [-0.05, 0) is 48.0 Å². The molecule has 0 radical (unpaired) electrons. The lowest BCUT2D eigenvalue weighted by molar-refractivity contribution is 0.623. The predicted octanol–water partition coefficient (Wildman–Crippen LogP) is 4.28. The number of anilines is 2. The summed E-state index contributed by atoms with van der Waals surface area (Å²) in [7, 11) is 0. The van der Waals surface area contributed by atoms with Crippen LogP contribution < -0.4 is 5.32 Å². The third-order valence-corrected chi connectivity index (χ3v) is 2.75. The second kappa shape index (κ2) is 4.53. The Kier molecular flexibility index (Phi) is 2.72. The minimum Gasteiger partial charge on any atom is -0.423 e. The lowest BCUT2D eigenvalue weighted by Gasteiger charge is -2.00. The molecule has 0 saturated heterocycles. The molecular weight excluding hydrogens is 242 g/mol. The number of fused-ring (bicyclic) bond motifs is 1. The van der Waals surface area contributed by atoms with Crippen molar-refractivity contribution >= 4 is 28.5 Å². The van der Waals surface area contributed by atoms with E-state index in [2.05, 4.69) is 15.5 Å². The fourth-order valence-corrected chi connectivity index (χ4v) is 1.85. The molecule has 0 amide bonds. The van der Waals surface area contributed by atoms with Crippen LogP contribution in [-0.4, -0.2) is 4.98 Å². The first kappa shape index (κ1) is 11.4. The molecular formula is C14H11N3O2. The van der Waals surface area contributed by atoms with E-state index in [1.54, 1.807) is 18.2 Å². The van der Waals surface area contributed by atoms with E-state index in [-0.39, 0.29) is 0 Å². The lowest BCUT2D eigenvalue weighted by Crippen LogP contribution is -1.89. The fourth-order valence-electron chi connectivity index (χ4n) is 1.85. The maximum absolute atomic E-state index is 10.5. The van der Waals surface area contributed by atoms with Crippen molar-refractivity contribution in [2.24, 2.45) is 5.18 Å². The van der Waals surface area contributed by atoms with Gasteiger partial charge in [0.1, 0.15) is 11.2 Å². The molecule has 1 N–H and O–H groups in total. The molecule has 0 unspecified atom stereocenters. The average Bonchev–Trinajstić information content (AvgIpc) is 2.80. The first-order chi connectivity index (χ1) is 9.24. The Balaban J connectivity index is 1.94. The van der Waals surface area contributed by atoms with Crippen LogP contribution >= 0.6 is 0 Å². The molecule has 0 spiro atoms. The number of aryl methyl sites for hydroxylation is 1. The van der Waals surface area contributed by atoms with Crippen molar-refractivity contribution in [1.29, 1.82) is 0 Å². The molecule has 3 rings (SSSR count). The highest BCUT2D eigenvalue weighted by Gasteiger charge is 2.06. The molecule has 3 aromatic rings. The fraction of sp³-hybridized carbons (Fsp3) is 0.0714. The second-order valence-electron chi connectivity index (χ2n) is 4.26. The molecule has 1 aromatic heterocycles. The van der Waals surface area contributed by atoms with E-state index in [0.29, 0.717) is 17.4 Å². The van der Waals surface area contributed by atoms with Crippen LogP contribution in [0.1, 0.15) is 5.56 Å². The van der Waals surface area contributed by atoms with Crippen LogP contribution in [0.2, 0.25) is 0 Å². The summed E-state index contributed by atoms with van der Waals surface area (Å²) in [6.07, 6.45) is 0. The quantitative estimate of drug-likeness (QED) is 0.707. The number of aromatic nitrogens is 1. The number of nitroso groups, excluding NO2 is 1. The highest BCUT2D eigenvalue weighted by molar-refractivity contribution is 5.76. The van der Waals surface area contributed by atoms with Crippen LogP contribution in [-0.2, 0) is 0 Å². The molecule has 5 heteroatoms. The smallest absolute Gasteiger partial charge is 0.300 e. The topological polar surface area (TPSA) is 67.5 Å². The number of nitrogens with one attached hydrogen (secondary N) is 1. The molecule has 0 saturated carbocycles. The van der Waals surface area contributed by atoms with Crippen molar-refractivity contribution in [1.82, 2.24) is 4.98 Å². The summed E-state index contributed by atoms with van der Waals surface area (Å²) in [6.45, 7) is 1.99. The van der Waals surface area contributed by atoms with E-state index in [4.69, 9.17) is 4.42 Å². The van der Waals surface area contributed by atoms with E-state index in [1.807, 2.05) is 31.2 Å². The molecule has 0 bridgehead atoms. The maximum atomic E-state index is 10.5. The van der Waals surface area contributed by atoms with Crippen LogP contribution in [0.15, 0.2) is 52.1 Å². The minimum atomic E-state index is 0.358. The summed E-state index contributed by atoms with van der Waals surface area (Å²) in [4.78, 5) is 14.8. The zero-order valence-corrected chi connectivity index (χ0v) is 10.3. The van der Waals surface area contributed by atoms with Gasteiger partial charge in [-0.15, -0.1) is 4.91 Å². The Labute approximate surface area is 109 Å². The molecule has 2 aromatic carbocycles. The van der Waals surface area contributed by atoms with E-state index in [9.17, 15) is 4.91 Å². The van der Waals surface area contributed by atoms with E-state index < -0.39 is 0 Å². The third-order valence-electron chi connectivity index (χ3n) is 2.75. The highest BCUT2D eigenvalue weighted by atomic mass is 16.4. The molecule has 0 fully saturated rings. The number of hydrogen-bond donors (Lipinski definition) is 1. The monoisotopic (exact) mass is 253 g/mol. The van der Waals surface area contributed by atoms with Crippen molar-refractivity contribution in [3.63, 3.8) is 0 Å². The maximum Gasteiger partial charge on any atom is 0.300 e. The molecule has 0 aliphatic heterocycles. The van der Waals surface area contributed by atoms with Crippen molar-refractivity contribution in [2.45, 2.75) is 6.92 Å². The van der Waals surface area contributed by atoms with Gasteiger partial charge < -0.3 is 9.73 Å². The Morgan fingerprint density at radius 1 is 1.21 bits per heavy atom. The average molecular weight is 253 g/mol. The number of benzene rings is 2. The van der Waals surface area contributed by atoms with Gasteiger partial charge in [0.05, 0.1) is 0 Å². The largest absolute Gasteiger partial charge is 0.423 e. The third kappa shape index (κ3) is 2.30. The lowest BCUT2D eigenvalue weighted by atomic mass is 10.2. The van der Waals surface area contributed by atoms with Crippen LogP contribution in [0, 0.1) is 11.8 Å². The summed E-state index contributed by atoms with van der Waals surface area (Å²) in [5, 5.41) is 5.90. The van der Waals surface area contributed by atoms with Crippen LogP contribution in [0.3, 0.4) is 0 Å². The van der Waals surface area contributed by atoms with Crippen LogP contribution in [0.4, 0.5) is 17.4 Å². The Hall–Kier alpha value is -2.69. The number of hydrogen-bond acceptors (Lipinski definition) is 5. The molecule has 0 atom stereocenters. The van der Waals surface area contributed by atoms with Crippen molar-refractivity contribution in [3.05, 3.63) is 52.9 Å². The summed E-state index contributed by atoms with van der Waals surface area (Å²) < 4.78 is 5.60. The van der Waals surface area contributed by atoms with E-state index >= 15 is 0 Å². The van der Waals surface area contributed by atoms with Crippen molar-refractivity contribution in [2.75, 3.05) is 5.32 Å². The van der Waals surface area contributed by atoms with E-state index in [0.717, 1.165) is 16.7 Å². The highest BCUT2D eigenvalue weighted by Crippen LogP contribution is 2.24. The molecule has 1 heterocycles. The van der Waals surface area contributed by atoms with Gasteiger partial charge in [0.2, 0.25) is 0 Å². The molecule has 0 aliphatic rings. The normalized spacial score (nSPS) is 10.6. The Morgan fingerprint density at radius 2 is 2.11 bits per heavy atom. The summed E-state index contributed by atoms with van der Waals surface area (Å²) in [6, 6.07) is 13.0. The van der Waals surface area contributed by atoms with Gasteiger partial charge in [0.25, 0.3) is 6.01 Å². The number of rotatable bonds is 3. The van der Waals surface area contributed by atoms with Crippen molar-refractivity contribution < 1.29 is 4.42 Å². The Bertz CT molecular complexity index is 749. The molecule has 94 valence electrons. The van der Waals surface area contributed by atoms with E-state index in [1.165, 1.54) is 0 Å². The summed E-state index contributed by atoms with van der Waals surface area (Å²) in [5.74, 6) is 0. The second-order valence-corrected chi connectivity index (χ2v) is 4.26. The standard InChI is InChI=1S/C14H11N3O2/c1-9-5-6-12-13(7-9)19-14(16-12)15-10-3-2-4-11(8-10)17-18/h2-8H,1H3,(H,15,16). The molecule has 0 aliphatic carbocycles. The molecule has 5 nitrogen and oxygen atoms in total. The number of oxazole rings is 1. The van der Waals surface area contributed by atoms with Crippen molar-refractivity contribution in [3.8, 4) is 0 Å².